The number of methoxy groups -OCH3 is 1. The standard InChI is InChI=1S/C47H53N2O9.C33H29F4N2O3.C32H26F4N2O3.ClH.HI/c1-3-40(50)53-24-6-5-17-42(52)57-39-19-18-31(30-56-55-26-8-7-25-54-41(51)4-2)27-36(39)43-37-28-32-13-9-20-48-22-11-15-34(44(32)48)46(37)58-47-35-16-12-23-49-21-10-14-33(45(35)49)29-38(43)47;1-41-33(40)24-23(25(34)27(36)28(37)26(24)35)22-20-14-16-6-2-10-38-12-4-8-18(29(16)38)31(20)42-32-19-9-5-13-39-11-3-7-17(30(19)39)15-21(22)32;33-24-22(23(32(39)40)25(34)27(36)26(24)35)21-19-13-15-5-1-9-37-11-3-7-17(28(15)37)30(19)41-31-18-8-4-12-38-10-2-6-16(29(18)38)14-20(21)31;;/h3-4,18-19,27-29H,1-2,5-17,20-26,30H2;14-15H,2-13H2,1H3;13-14H,1-12H2;2*1H/q2*+1;;;/p-2. The van der Waals surface area contributed by atoms with Gasteiger partial charge >= 0.3 is 23.9 Å². The number of carboxylic acids is 1. The average molecular weight is 2090 g/mol. The number of aromatic carboxylic acids is 1. The maximum atomic E-state index is 16.1. The molecule has 9 aromatic rings. The van der Waals surface area contributed by atoms with Crippen LogP contribution in [0.25, 0.3) is 16.7 Å². The minimum Gasteiger partial charge on any atom is -1.00 e. The van der Waals surface area contributed by atoms with Gasteiger partial charge in [0.2, 0.25) is 16.1 Å². The minimum atomic E-state index is -2.18. The number of anilines is 3. The van der Waals surface area contributed by atoms with Crippen molar-refractivity contribution in [1.29, 1.82) is 0 Å². The highest BCUT2D eigenvalue weighted by molar-refractivity contribution is 6.02. The lowest BCUT2D eigenvalue weighted by molar-refractivity contribution is -0.304. The van der Waals surface area contributed by atoms with Crippen LogP contribution in [0.4, 0.5) is 52.2 Å². The molecule has 0 saturated heterocycles. The van der Waals surface area contributed by atoms with Crippen molar-refractivity contribution in [2.24, 2.45) is 0 Å². The zero-order chi connectivity index (χ0) is 97.0. The van der Waals surface area contributed by atoms with Crippen molar-refractivity contribution in [3.05, 3.63) is 275 Å². The van der Waals surface area contributed by atoms with Gasteiger partial charge in [-0.1, -0.05) is 19.2 Å². The lowest BCUT2D eigenvalue weighted by Crippen LogP contribution is -3.00. The predicted molar refractivity (Wildman–Crippen MR) is 507 cm³/mol. The molecule has 21 nitrogen and oxygen atoms in total. The van der Waals surface area contributed by atoms with E-state index in [0.717, 1.165) is 345 Å². The summed E-state index contributed by atoms with van der Waals surface area (Å²) in [7, 11) is 1.01. The summed E-state index contributed by atoms with van der Waals surface area (Å²) in [6.07, 6.45) is 26.2. The van der Waals surface area contributed by atoms with Gasteiger partial charge in [0.1, 0.15) is 91.7 Å². The summed E-state index contributed by atoms with van der Waals surface area (Å²) >= 11 is 0. The predicted octanol–water partition coefficient (Wildman–Crippen LogP) is 7.40. The van der Waals surface area contributed by atoms with E-state index in [1.807, 2.05) is 36.4 Å². The van der Waals surface area contributed by atoms with Crippen LogP contribution in [0.2, 0.25) is 0 Å². The lowest BCUT2D eigenvalue weighted by Gasteiger charge is -2.39. The Morgan fingerprint density at radius 3 is 1.17 bits per heavy atom. The molecule has 15 aliphatic rings. The Bertz CT molecular complexity index is 7380. The SMILES string of the molecule is C=CC(=O)OCCCCOOCc1ccc(OC(=O)CCCCOC(=O)C=C)c(C2=c3cc4c5c(c3Oc3c2cc2c6c3CCCN6CCC2)CCC[N+]=5CCC4)c1.COC(=O)c1c(F)c(F)c(F)c(F)c1C1=c2cc3c4c(c2Oc2c1cc1c5c2CCCN5CCC1)CCC[N+]=4CCC3.O=C([O-])c1c(F)c(F)c(F)c(F)c1C1=c2cc3c4c(c2Oc2c1cc1c5c2CCCN5CCC1)CCC[N+]=4CCC3.[Cl-].[I-]. The smallest absolute Gasteiger partial charge is 0.341 e. The molecule has 0 N–H and O–H groups in total. The van der Waals surface area contributed by atoms with Crippen LogP contribution >= 0.6 is 0 Å². The number of ether oxygens (including phenoxy) is 7. The molecule has 24 rings (SSSR count). The largest absolute Gasteiger partial charge is 1.00 e. The van der Waals surface area contributed by atoms with E-state index in [9.17, 15) is 42.3 Å². The van der Waals surface area contributed by atoms with Gasteiger partial charge in [-0.25, -0.2) is 73.0 Å². The number of halogens is 10. The van der Waals surface area contributed by atoms with Crippen LogP contribution in [-0.2, 0) is 122 Å². The van der Waals surface area contributed by atoms with Gasteiger partial charge in [0, 0.05) is 218 Å². The maximum Gasteiger partial charge on any atom is 0.341 e. The molecule has 15 heterocycles. The van der Waals surface area contributed by atoms with Crippen LogP contribution in [0.15, 0.2) is 79.9 Å². The summed E-state index contributed by atoms with van der Waals surface area (Å²) in [4.78, 5) is 80.1. The van der Waals surface area contributed by atoms with E-state index in [1.165, 1.54) is 33.3 Å². The summed E-state index contributed by atoms with van der Waals surface area (Å²) in [6.45, 7) is 19.4. The van der Waals surface area contributed by atoms with Gasteiger partial charge < -0.3 is 94.1 Å². The number of benzene rings is 9. The quantitative estimate of drug-likeness (QED) is 0.00558. The molecule has 0 unspecified atom stereocenters. The Morgan fingerprint density at radius 1 is 0.399 bits per heavy atom. The molecule has 143 heavy (non-hydrogen) atoms. The molecule has 15 aliphatic heterocycles. The number of hydrogen-bond acceptors (Lipinski definition) is 18. The fraction of sp³-hybridized carbons (Fsp3) is 0.411. The Kier molecular flexibility index (Phi) is 28.1. The molecule has 0 amide bonds. The zero-order valence-electron chi connectivity index (χ0n) is 79.7. The summed E-state index contributed by atoms with van der Waals surface area (Å²) in [6, 6.07) is 18.1. The zero-order valence-corrected chi connectivity index (χ0v) is 82.6. The molecule has 0 radical (unpaired) electrons. The van der Waals surface area contributed by atoms with Gasteiger partial charge in [0.25, 0.3) is 0 Å². The second-order valence-electron chi connectivity index (χ2n) is 39.1. The summed E-state index contributed by atoms with van der Waals surface area (Å²) < 4.78 is 171. The third-order valence-corrected chi connectivity index (χ3v) is 30.8. The number of rotatable bonds is 21. The molecule has 0 atom stereocenters. The fourth-order valence-electron chi connectivity index (χ4n) is 25.0. The Balaban J connectivity index is 0.000000133. The van der Waals surface area contributed by atoms with Crippen LogP contribution in [0, 0.1) is 46.5 Å². The van der Waals surface area contributed by atoms with Crippen LogP contribution in [0.1, 0.15) is 236 Å². The number of hydrogen-bond donors (Lipinski definition) is 0. The summed E-state index contributed by atoms with van der Waals surface area (Å²) in [5, 5.41) is 17.7. The van der Waals surface area contributed by atoms with Gasteiger partial charge in [-0.2, -0.15) is 0 Å². The number of nitrogens with zero attached hydrogens (tertiary/aromatic N) is 6. The second-order valence-corrected chi connectivity index (χ2v) is 39.1. The highest BCUT2D eigenvalue weighted by atomic mass is 127. The number of aryl methyl sites for hydroxylation is 6. The highest BCUT2D eigenvalue weighted by Gasteiger charge is 2.45. The van der Waals surface area contributed by atoms with E-state index in [-0.39, 0.29) is 79.7 Å². The first-order valence-electron chi connectivity index (χ1n) is 50.1. The van der Waals surface area contributed by atoms with E-state index in [0.29, 0.717) is 95.4 Å². The van der Waals surface area contributed by atoms with Crippen LogP contribution in [-0.4, -0.2) is 135 Å². The van der Waals surface area contributed by atoms with Crippen molar-refractivity contribution < 1.29 is 144 Å². The number of carbonyl (C=O) groups excluding carboxylic acids is 5. The number of fused-ring (bicyclic) bond motifs is 12. The molecule has 746 valence electrons. The van der Waals surface area contributed by atoms with Gasteiger partial charge in [-0.3, -0.25) is 4.79 Å². The first-order chi connectivity index (χ1) is 68.7. The van der Waals surface area contributed by atoms with E-state index >= 15 is 22.0 Å². The number of carbonyl (C=O) groups is 5. The second kappa shape index (κ2) is 40.9. The molecule has 9 aromatic carbocycles. The Labute approximate surface area is 843 Å². The number of unbranched alkanes of at least 4 members (excludes halogenated alkanes) is 2. The van der Waals surface area contributed by atoms with Crippen LogP contribution < -0.4 is 121 Å². The molecular weight excluding hydrogens is 1980 g/mol. The van der Waals surface area contributed by atoms with Crippen LogP contribution in [0.5, 0.6) is 40.2 Å². The molecule has 0 fully saturated rings. The Morgan fingerprint density at radius 2 is 0.755 bits per heavy atom. The van der Waals surface area contributed by atoms with Crippen molar-refractivity contribution in [1.82, 2.24) is 13.7 Å². The highest BCUT2D eigenvalue weighted by Crippen LogP contribution is 2.55. The van der Waals surface area contributed by atoms with Crippen molar-refractivity contribution in [2.75, 3.05) is 120 Å². The molecule has 31 heteroatoms. The summed E-state index contributed by atoms with van der Waals surface area (Å²) in [5.41, 5.74) is 17.7. The first kappa shape index (κ1) is 98.4. The van der Waals surface area contributed by atoms with E-state index < -0.39 is 92.7 Å². The minimum absolute atomic E-state index is 0. The van der Waals surface area contributed by atoms with Gasteiger partial charge in [0.05, 0.1) is 49.6 Å². The van der Waals surface area contributed by atoms with Gasteiger partial charge in [-0.15, -0.1) is 0 Å². The number of esters is 4. The van der Waals surface area contributed by atoms with E-state index in [4.69, 9.17) is 42.9 Å². The fourth-order valence-corrected chi connectivity index (χ4v) is 25.0. The van der Waals surface area contributed by atoms with E-state index in [1.54, 1.807) is 0 Å². The van der Waals surface area contributed by atoms with Crippen molar-refractivity contribution in [3.8, 4) is 40.2 Å². The van der Waals surface area contributed by atoms with Gasteiger partial charge in [0.15, 0.2) is 46.5 Å². The van der Waals surface area contributed by atoms with Gasteiger partial charge in [-0.05, 0) is 212 Å². The lowest BCUT2D eigenvalue weighted by atomic mass is 9.81. The van der Waals surface area contributed by atoms with Crippen molar-refractivity contribution in [2.45, 2.75) is 193 Å². The first-order valence-corrected chi connectivity index (χ1v) is 50.1. The molecule has 0 spiro atoms. The molecule has 0 aromatic heterocycles. The molecule has 0 saturated carbocycles. The Hall–Kier alpha value is -12.0. The normalized spacial score (nSPS) is 17.0. The third kappa shape index (κ3) is 17.4. The number of carboxylic acid groups (broad SMARTS) is 1. The molecular formula is C112H108ClF8IN6O15. The van der Waals surface area contributed by atoms with E-state index in [2.05, 4.69) is 59.8 Å². The monoisotopic (exact) mass is 2090 g/mol. The van der Waals surface area contributed by atoms with Crippen molar-refractivity contribution >= 4 is 63.6 Å². The maximum absolute atomic E-state index is 16.1. The molecule has 0 bridgehead atoms. The summed E-state index contributed by atoms with van der Waals surface area (Å²) in [5.74, 6) is -15.8. The molecule has 0 aliphatic carbocycles. The third-order valence-electron chi connectivity index (χ3n) is 30.8. The van der Waals surface area contributed by atoms with Crippen molar-refractivity contribution in [3.63, 3.8) is 0 Å². The average Bonchev–Trinajstić information content (AvgIpc) is 0.665. The topological polar surface area (TPSA) is 210 Å². The van der Waals surface area contributed by atoms with Crippen LogP contribution in [0.3, 0.4) is 0 Å².